The summed E-state index contributed by atoms with van der Waals surface area (Å²) in [5, 5.41) is 11.0. The predicted octanol–water partition coefficient (Wildman–Crippen LogP) is 10.8. The first-order valence-corrected chi connectivity index (χ1v) is 15.6. The van der Waals surface area contributed by atoms with Gasteiger partial charge in [-0.1, -0.05) is 109 Å². The molecular formula is C42H24N4O. The molecule has 47 heavy (non-hydrogen) atoms. The van der Waals surface area contributed by atoms with Crippen LogP contribution in [0.3, 0.4) is 0 Å². The standard InChI is InChI=1S/C42H24N4O/c1-2-9-29-23-30(18-14-25(29)7-1)39-44-40(31-19-17-27-16-15-26-8-3-4-11-32(26)36(27)24-31)46-41(45-39)35-12-5-10-28-20-21-33-34-13-6-22-43-42(34)47-38(33)37(28)35/h1-24H. The second kappa shape index (κ2) is 10.0. The smallest absolute Gasteiger partial charge is 0.227 e. The van der Waals surface area contributed by atoms with Gasteiger partial charge in [-0.25, -0.2) is 19.9 Å². The van der Waals surface area contributed by atoms with E-state index in [2.05, 4.69) is 126 Å². The van der Waals surface area contributed by atoms with Crippen LogP contribution in [0.25, 0.3) is 99.3 Å². The van der Waals surface area contributed by atoms with Crippen molar-refractivity contribution in [3.8, 4) is 34.2 Å². The van der Waals surface area contributed by atoms with E-state index in [4.69, 9.17) is 19.4 Å². The van der Waals surface area contributed by atoms with Gasteiger partial charge in [0.25, 0.3) is 0 Å². The molecule has 0 aliphatic rings. The molecule has 0 aliphatic carbocycles. The molecular weight excluding hydrogens is 576 g/mol. The van der Waals surface area contributed by atoms with E-state index in [-0.39, 0.29) is 0 Å². The number of hydrogen-bond acceptors (Lipinski definition) is 5. The Balaban J connectivity index is 1.26. The second-order valence-corrected chi connectivity index (χ2v) is 11.9. The lowest BCUT2D eigenvalue weighted by Crippen LogP contribution is -2.01. The zero-order valence-electron chi connectivity index (χ0n) is 25.1. The summed E-state index contributed by atoms with van der Waals surface area (Å²) in [6.07, 6.45) is 1.76. The fourth-order valence-corrected chi connectivity index (χ4v) is 6.85. The normalized spacial score (nSPS) is 11.8. The topological polar surface area (TPSA) is 64.7 Å². The summed E-state index contributed by atoms with van der Waals surface area (Å²) in [5.74, 6) is 1.82. The Labute approximate surface area is 268 Å². The molecule has 0 saturated heterocycles. The zero-order chi connectivity index (χ0) is 30.9. The number of aromatic nitrogens is 4. The van der Waals surface area contributed by atoms with Crippen LogP contribution in [-0.2, 0) is 0 Å². The van der Waals surface area contributed by atoms with E-state index >= 15 is 0 Å². The summed E-state index contributed by atoms with van der Waals surface area (Å²) in [7, 11) is 0. The maximum atomic E-state index is 6.41. The highest BCUT2D eigenvalue weighted by Gasteiger charge is 2.19. The Bertz CT molecular complexity index is 2870. The van der Waals surface area contributed by atoms with Gasteiger partial charge in [0, 0.05) is 39.0 Å². The lowest BCUT2D eigenvalue weighted by molar-refractivity contribution is 0.657. The third-order valence-corrected chi connectivity index (χ3v) is 9.15. The number of hydrogen-bond donors (Lipinski definition) is 0. The molecule has 3 aromatic heterocycles. The van der Waals surface area contributed by atoms with Crippen LogP contribution in [0.15, 0.2) is 150 Å². The van der Waals surface area contributed by atoms with Gasteiger partial charge in [0.1, 0.15) is 5.58 Å². The van der Waals surface area contributed by atoms with E-state index in [0.29, 0.717) is 23.2 Å². The fraction of sp³-hybridized carbons (Fsp3) is 0. The molecule has 0 bridgehead atoms. The Morgan fingerprint density at radius 3 is 1.91 bits per heavy atom. The van der Waals surface area contributed by atoms with Crippen LogP contribution in [0, 0.1) is 0 Å². The van der Waals surface area contributed by atoms with Crippen molar-refractivity contribution in [2.75, 3.05) is 0 Å². The first-order chi connectivity index (χ1) is 23.3. The third-order valence-electron chi connectivity index (χ3n) is 9.15. The van der Waals surface area contributed by atoms with Crippen molar-refractivity contribution in [1.29, 1.82) is 0 Å². The van der Waals surface area contributed by atoms with E-state index in [1.807, 2.05) is 18.2 Å². The number of nitrogens with zero attached hydrogens (tertiary/aromatic N) is 4. The van der Waals surface area contributed by atoms with Gasteiger partial charge in [0.2, 0.25) is 5.71 Å². The molecule has 3 heterocycles. The van der Waals surface area contributed by atoms with Crippen LogP contribution >= 0.6 is 0 Å². The van der Waals surface area contributed by atoms with Crippen molar-refractivity contribution in [2.45, 2.75) is 0 Å². The van der Waals surface area contributed by atoms with Gasteiger partial charge >= 0.3 is 0 Å². The van der Waals surface area contributed by atoms with Gasteiger partial charge in [-0.3, -0.25) is 0 Å². The van der Waals surface area contributed by atoms with Gasteiger partial charge in [0.15, 0.2) is 17.5 Å². The molecule has 5 heteroatoms. The van der Waals surface area contributed by atoms with E-state index in [1.54, 1.807) is 6.20 Å². The molecule has 5 nitrogen and oxygen atoms in total. The number of benzene rings is 7. The number of rotatable bonds is 3. The Hall–Kier alpha value is -6.46. The van der Waals surface area contributed by atoms with E-state index in [9.17, 15) is 0 Å². The van der Waals surface area contributed by atoms with Crippen LogP contribution in [0.5, 0.6) is 0 Å². The molecule has 0 saturated carbocycles. The highest BCUT2D eigenvalue weighted by atomic mass is 16.3. The monoisotopic (exact) mass is 600 g/mol. The van der Waals surface area contributed by atoms with Crippen LogP contribution in [0.1, 0.15) is 0 Å². The number of furan rings is 1. The Kier molecular flexibility index (Phi) is 5.51. The Morgan fingerprint density at radius 2 is 1.04 bits per heavy atom. The van der Waals surface area contributed by atoms with Gasteiger partial charge < -0.3 is 4.42 Å². The summed E-state index contributed by atoms with van der Waals surface area (Å²) in [6.45, 7) is 0. The molecule has 0 aliphatic heterocycles. The van der Waals surface area contributed by atoms with Gasteiger partial charge in [-0.05, 0) is 68.0 Å². The van der Waals surface area contributed by atoms with Crippen molar-refractivity contribution >= 4 is 65.2 Å². The SMILES string of the molecule is c1ccc2cc(-c3nc(-c4ccc5ccc6ccccc6c5c4)nc(-c4cccc5ccc6c7cccnc7oc6c45)n3)ccc2c1. The van der Waals surface area contributed by atoms with Crippen molar-refractivity contribution in [1.82, 2.24) is 19.9 Å². The van der Waals surface area contributed by atoms with E-state index < -0.39 is 0 Å². The summed E-state index contributed by atoms with van der Waals surface area (Å²) >= 11 is 0. The summed E-state index contributed by atoms with van der Waals surface area (Å²) in [4.78, 5) is 19.9. The lowest BCUT2D eigenvalue weighted by atomic mass is 9.99. The zero-order valence-corrected chi connectivity index (χ0v) is 25.1. The molecule has 7 aromatic carbocycles. The summed E-state index contributed by atoms with van der Waals surface area (Å²) < 4.78 is 6.41. The first-order valence-electron chi connectivity index (χ1n) is 15.6. The molecule has 0 N–H and O–H groups in total. The summed E-state index contributed by atoms with van der Waals surface area (Å²) in [6, 6.07) is 48.4. The molecule has 10 rings (SSSR count). The Morgan fingerprint density at radius 1 is 0.404 bits per heavy atom. The molecule has 0 spiro atoms. The quantitative estimate of drug-likeness (QED) is 0.189. The highest BCUT2D eigenvalue weighted by Crippen LogP contribution is 2.39. The molecule has 0 fully saturated rings. The van der Waals surface area contributed by atoms with Crippen molar-refractivity contribution in [2.24, 2.45) is 0 Å². The first kappa shape index (κ1) is 25.8. The molecule has 0 radical (unpaired) electrons. The van der Waals surface area contributed by atoms with Crippen molar-refractivity contribution in [3.05, 3.63) is 146 Å². The molecule has 0 amide bonds. The minimum Gasteiger partial charge on any atom is -0.437 e. The van der Waals surface area contributed by atoms with Crippen LogP contribution in [0.4, 0.5) is 0 Å². The minimum atomic E-state index is 0.586. The number of fused-ring (bicyclic) bond motifs is 9. The van der Waals surface area contributed by atoms with Gasteiger partial charge in [-0.2, -0.15) is 0 Å². The fourth-order valence-electron chi connectivity index (χ4n) is 6.85. The molecule has 218 valence electrons. The third kappa shape index (κ3) is 4.10. The molecule has 10 aromatic rings. The van der Waals surface area contributed by atoms with Crippen molar-refractivity contribution < 1.29 is 4.42 Å². The second-order valence-electron chi connectivity index (χ2n) is 11.9. The number of pyridine rings is 1. The maximum Gasteiger partial charge on any atom is 0.227 e. The van der Waals surface area contributed by atoms with Gasteiger partial charge in [0.05, 0.1) is 0 Å². The highest BCUT2D eigenvalue weighted by molar-refractivity contribution is 6.18. The average Bonchev–Trinajstić information content (AvgIpc) is 3.53. The summed E-state index contributed by atoms with van der Waals surface area (Å²) in [5.41, 5.74) is 4.12. The van der Waals surface area contributed by atoms with Crippen LogP contribution in [-0.4, -0.2) is 19.9 Å². The molecule has 0 atom stereocenters. The van der Waals surface area contributed by atoms with Crippen LogP contribution < -0.4 is 0 Å². The molecule has 0 unspecified atom stereocenters. The minimum absolute atomic E-state index is 0.586. The van der Waals surface area contributed by atoms with Crippen molar-refractivity contribution in [3.63, 3.8) is 0 Å². The van der Waals surface area contributed by atoms with E-state index in [0.717, 1.165) is 54.6 Å². The average molecular weight is 601 g/mol. The predicted molar refractivity (Wildman–Crippen MR) is 191 cm³/mol. The lowest BCUT2D eigenvalue weighted by Gasteiger charge is -2.12. The van der Waals surface area contributed by atoms with E-state index in [1.165, 1.54) is 21.5 Å². The van der Waals surface area contributed by atoms with Crippen LogP contribution in [0.2, 0.25) is 0 Å². The van der Waals surface area contributed by atoms with Gasteiger partial charge in [-0.15, -0.1) is 0 Å². The largest absolute Gasteiger partial charge is 0.437 e. The maximum absolute atomic E-state index is 6.41.